The molecule has 0 aliphatic heterocycles. The number of aliphatic hydroxyl groups is 4. The van der Waals surface area contributed by atoms with Crippen molar-refractivity contribution in [3.63, 3.8) is 0 Å². The predicted molar refractivity (Wildman–Crippen MR) is 128 cm³/mol. The van der Waals surface area contributed by atoms with E-state index in [0.29, 0.717) is 48.9 Å². The van der Waals surface area contributed by atoms with E-state index in [2.05, 4.69) is 34.6 Å². The van der Waals surface area contributed by atoms with Gasteiger partial charge in [0, 0.05) is 12.3 Å². The lowest BCUT2D eigenvalue weighted by atomic mass is 9.44. The molecule has 190 valence electrons. The molecule has 0 radical (unpaired) electrons. The number of carbonyl (C=O) groups excluding carboxylic acids is 1. The van der Waals surface area contributed by atoms with Crippen LogP contribution in [0.25, 0.3) is 0 Å². The molecule has 0 aromatic heterocycles. The van der Waals surface area contributed by atoms with E-state index in [-0.39, 0.29) is 34.4 Å². The normalized spacial score (nSPS) is 49.1. The second kappa shape index (κ2) is 8.87. The minimum Gasteiger partial charge on any atom is -0.390 e. The van der Waals surface area contributed by atoms with E-state index < -0.39 is 24.4 Å². The fraction of sp³-hybridized carbons (Fsp3) is 0.964. The van der Waals surface area contributed by atoms with Crippen LogP contribution in [-0.4, -0.2) is 50.6 Å². The second-order valence-corrected chi connectivity index (χ2v) is 13.4. The van der Waals surface area contributed by atoms with Gasteiger partial charge in [0.15, 0.2) is 0 Å². The highest BCUT2D eigenvalue weighted by atomic mass is 16.3. The molecule has 0 aromatic rings. The van der Waals surface area contributed by atoms with Crippen LogP contribution in [0.1, 0.15) is 86.5 Å². The van der Waals surface area contributed by atoms with Crippen LogP contribution in [-0.2, 0) is 4.79 Å². The molecule has 4 saturated carbocycles. The Kier molecular flexibility index (Phi) is 6.88. The lowest BCUT2D eigenvalue weighted by Crippen LogP contribution is -2.59. The lowest BCUT2D eigenvalue weighted by Gasteiger charge is -2.61. The molecular weight excluding hydrogens is 416 g/mol. The molecule has 4 rings (SSSR count). The van der Waals surface area contributed by atoms with Gasteiger partial charge in [-0.15, -0.1) is 0 Å². The summed E-state index contributed by atoms with van der Waals surface area (Å²) in [5.41, 5.74) is -0.162. The third-order valence-electron chi connectivity index (χ3n) is 11.7. The van der Waals surface area contributed by atoms with Crippen molar-refractivity contribution in [2.75, 3.05) is 0 Å². The Labute approximate surface area is 200 Å². The second-order valence-electron chi connectivity index (χ2n) is 13.4. The van der Waals surface area contributed by atoms with Gasteiger partial charge in [-0.3, -0.25) is 4.79 Å². The van der Waals surface area contributed by atoms with Gasteiger partial charge in [-0.05, 0) is 90.8 Å². The average Bonchev–Trinajstić information content (AvgIpc) is 3.10. The van der Waals surface area contributed by atoms with Crippen LogP contribution in [0.15, 0.2) is 0 Å². The predicted octanol–water partition coefficient (Wildman–Crippen LogP) is 3.81. The van der Waals surface area contributed by atoms with Crippen molar-refractivity contribution < 1.29 is 25.2 Å². The maximum absolute atomic E-state index is 13.3. The molecule has 0 saturated heterocycles. The Hall–Kier alpha value is -0.490. The summed E-state index contributed by atoms with van der Waals surface area (Å²) >= 11 is 0. The molecule has 4 fully saturated rings. The van der Waals surface area contributed by atoms with Crippen LogP contribution >= 0.6 is 0 Å². The Bertz CT molecular complexity index is 738. The highest BCUT2D eigenvalue weighted by Crippen LogP contribution is 2.67. The van der Waals surface area contributed by atoms with Crippen LogP contribution in [0.4, 0.5) is 0 Å². The summed E-state index contributed by atoms with van der Waals surface area (Å²) in [5.74, 6) is 2.05. The minimum absolute atomic E-state index is 0.0158. The molecule has 4 aliphatic carbocycles. The third kappa shape index (κ3) is 3.93. The maximum atomic E-state index is 13.3. The van der Waals surface area contributed by atoms with Gasteiger partial charge in [0.1, 0.15) is 5.78 Å². The van der Waals surface area contributed by atoms with Crippen LogP contribution in [0.2, 0.25) is 0 Å². The monoisotopic (exact) mass is 464 g/mol. The molecule has 5 heteroatoms. The van der Waals surface area contributed by atoms with Crippen LogP contribution in [0, 0.1) is 58.2 Å². The molecule has 5 unspecified atom stereocenters. The Morgan fingerprint density at radius 2 is 1.52 bits per heavy atom. The standard InChI is InChI=1S/C28H48O5/c1-14(2)15(3)25(32)26(33)16(4)18-7-8-19-17-11-22(29)21-12-23(30)24(31)13-28(21,6)20(17)9-10-27(18,19)5/h14-21,23-26,30-33H,7-13H2,1-6H3/t15-,16+,17+,18-,19+,20+,21?,23?,24?,25?,26?,27-,28-/m1/s1. The highest BCUT2D eigenvalue weighted by molar-refractivity contribution is 5.83. The maximum Gasteiger partial charge on any atom is 0.136 e. The molecule has 4 N–H and O–H groups in total. The van der Waals surface area contributed by atoms with Crippen molar-refractivity contribution in [3.05, 3.63) is 0 Å². The Morgan fingerprint density at radius 3 is 2.15 bits per heavy atom. The van der Waals surface area contributed by atoms with Crippen molar-refractivity contribution >= 4 is 5.78 Å². The summed E-state index contributed by atoms with van der Waals surface area (Å²) in [6, 6.07) is 0. The molecule has 0 spiro atoms. The number of hydrogen-bond donors (Lipinski definition) is 4. The van der Waals surface area contributed by atoms with E-state index in [9.17, 15) is 25.2 Å². The third-order valence-corrected chi connectivity index (χ3v) is 11.7. The number of hydrogen-bond acceptors (Lipinski definition) is 5. The van der Waals surface area contributed by atoms with E-state index in [1.807, 2.05) is 6.92 Å². The van der Waals surface area contributed by atoms with Gasteiger partial charge in [-0.2, -0.15) is 0 Å². The van der Waals surface area contributed by atoms with Gasteiger partial charge in [-0.25, -0.2) is 0 Å². The lowest BCUT2D eigenvalue weighted by molar-refractivity contribution is -0.175. The van der Waals surface area contributed by atoms with Crippen molar-refractivity contribution in [2.24, 2.45) is 58.2 Å². The number of ketones is 1. The number of Topliss-reactive ketones (excluding diaryl/α,β-unsaturated/α-hetero) is 1. The molecule has 0 bridgehead atoms. The van der Waals surface area contributed by atoms with E-state index in [0.717, 1.165) is 25.7 Å². The van der Waals surface area contributed by atoms with E-state index in [1.165, 1.54) is 0 Å². The number of aliphatic hydroxyl groups excluding tert-OH is 4. The number of carbonyl (C=O) groups is 1. The SMILES string of the molecule is CC(C)[C@@H](C)C(O)C(O)[C@@H](C)[C@H]1CC[C@H]2[C@@H]3CC(=O)C4CC(O)C(O)C[C@]4(C)[C@H]3CC[C@]12C. The van der Waals surface area contributed by atoms with Crippen molar-refractivity contribution in [1.29, 1.82) is 0 Å². The van der Waals surface area contributed by atoms with Gasteiger partial charge < -0.3 is 20.4 Å². The zero-order valence-electron chi connectivity index (χ0n) is 21.6. The first kappa shape index (κ1) is 25.6. The first-order chi connectivity index (χ1) is 15.3. The van der Waals surface area contributed by atoms with Crippen LogP contribution in [0.5, 0.6) is 0 Å². The molecular formula is C28H48O5. The Morgan fingerprint density at radius 1 is 0.879 bits per heavy atom. The van der Waals surface area contributed by atoms with Gasteiger partial charge in [0.25, 0.3) is 0 Å². The topological polar surface area (TPSA) is 98.0 Å². The molecule has 0 aromatic carbocycles. The molecule has 0 amide bonds. The Balaban J connectivity index is 1.56. The highest BCUT2D eigenvalue weighted by Gasteiger charge is 2.63. The fourth-order valence-electron chi connectivity index (χ4n) is 9.23. The first-order valence-corrected chi connectivity index (χ1v) is 13.6. The van der Waals surface area contributed by atoms with Gasteiger partial charge in [0.05, 0.1) is 24.4 Å². The summed E-state index contributed by atoms with van der Waals surface area (Å²) < 4.78 is 0. The van der Waals surface area contributed by atoms with E-state index >= 15 is 0 Å². The summed E-state index contributed by atoms with van der Waals surface area (Å²) in [6.07, 6.45) is 2.80. The number of rotatable bonds is 5. The summed E-state index contributed by atoms with van der Waals surface area (Å²) in [4.78, 5) is 13.3. The van der Waals surface area contributed by atoms with E-state index in [4.69, 9.17) is 0 Å². The summed E-state index contributed by atoms with van der Waals surface area (Å²) in [6.45, 7) is 12.9. The quantitative estimate of drug-likeness (QED) is 0.496. The van der Waals surface area contributed by atoms with Gasteiger partial charge in [0.2, 0.25) is 0 Å². The smallest absolute Gasteiger partial charge is 0.136 e. The van der Waals surface area contributed by atoms with E-state index in [1.54, 1.807) is 0 Å². The zero-order chi connectivity index (χ0) is 24.5. The minimum atomic E-state index is -0.782. The van der Waals surface area contributed by atoms with Gasteiger partial charge in [-0.1, -0.05) is 41.5 Å². The average molecular weight is 465 g/mol. The van der Waals surface area contributed by atoms with Gasteiger partial charge >= 0.3 is 0 Å². The summed E-state index contributed by atoms with van der Waals surface area (Å²) in [7, 11) is 0. The molecule has 4 aliphatic rings. The largest absolute Gasteiger partial charge is 0.390 e. The zero-order valence-corrected chi connectivity index (χ0v) is 21.6. The van der Waals surface area contributed by atoms with Crippen molar-refractivity contribution in [2.45, 2.75) is 111 Å². The molecule has 13 atom stereocenters. The van der Waals surface area contributed by atoms with Crippen LogP contribution in [0.3, 0.4) is 0 Å². The summed E-state index contributed by atoms with van der Waals surface area (Å²) in [5, 5.41) is 42.8. The first-order valence-electron chi connectivity index (χ1n) is 13.6. The molecule has 33 heavy (non-hydrogen) atoms. The van der Waals surface area contributed by atoms with Crippen molar-refractivity contribution in [1.82, 2.24) is 0 Å². The number of fused-ring (bicyclic) bond motifs is 5. The fourth-order valence-corrected chi connectivity index (χ4v) is 9.23. The molecule has 5 nitrogen and oxygen atoms in total. The molecule has 0 heterocycles. The van der Waals surface area contributed by atoms with Crippen molar-refractivity contribution in [3.8, 4) is 0 Å². The van der Waals surface area contributed by atoms with Crippen LogP contribution < -0.4 is 0 Å².